The van der Waals surface area contributed by atoms with E-state index in [2.05, 4.69) is 231 Å². The molecule has 14 rings (SSSR count). The fourth-order valence-corrected chi connectivity index (χ4v) is 14.4. The molecule has 0 aliphatic heterocycles. The average Bonchev–Trinajstić information content (AvgIpc) is 3.41. The van der Waals surface area contributed by atoms with Gasteiger partial charge in [0.25, 0.3) is 0 Å². The Morgan fingerprint density at radius 3 is 1.45 bits per heavy atom. The third kappa shape index (κ3) is 5.97. The summed E-state index contributed by atoms with van der Waals surface area (Å²) < 4.78 is 16.8. The lowest BCUT2D eigenvalue weighted by Gasteiger charge is -2.37. The number of hydrogen-bond donors (Lipinski definition) is 0. The van der Waals surface area contributed by atoms with Gasteiger partial charge in [-0.2, -0.15) is 0 Å². The van der Waals surface area contributed by atoms with Gasteiger partial charge in [0.15, 0.2) is 7.14 Å². The summed E-state index contributed by atoms with van der Waals surface area (Å²) in [5.41, 5.74) is 9.40. The van der Waals surface area contributed by atoms with Crippen LogP contribution in [0.3, 0.4) is 0 Å². The van der Waals surface area contributed by atoms with Crippen molar-refractivity contribution in [1.29, 1.82) is 0 Å². The Morgan fingerprint density at radius 2 is 0.884 bits per heavy atom. The van der Waals surface area contributed by atoms with Gasteiger partial charge in [-0.1, -0.05) is 244 Å². The Morgan fingerprint density at radius 1 is 0.420 bits per heavy atom. The number of rotatable bonds is 5. The molecule has 0 amide bonds. The fourth-order valence-electron chi connectivity index (χ4n) is 11.6. The number of allylic oxidation sites excluding steroid dienone is 5. The zero-order chi connectivity index (χ0) is 45.8. The van der Waals surface area contributed by atoms with Crippen molar-refractivity contribution in [2.24, 2.45) is 5.41 Å². The molecular weight excluding hydrogens is 856 g/mol. The summed E-state index contributed by atoms with van der Waals surface area (Å²) in [5, 5.41) is 14.6. The van der Waals surface area contributed by atoms with Crippen molar-refractivity contribution in [3.05, 3.63) is 242 Å². The molecule has 0 spiro atoms. The maximum absolute atomic E-state index is 16.8. The van der Waals surface area contributed by atoms with Gasteiger partial charge in [-0.05, 0) is 38.1 Å². The van der Waals surface area contributed by atoms with Gasteiger partial charge >= 0.3 is 0 Å². The summed E-state index contributed by atoms with van der Waals surface area (Å²) in [6, 6.07) is 70.6. The molecule has 3 atom stereocenters. The molecule has 2 aliphatic rings. The Kier molecular flexibility index (Phi) is 8.75. The average molecular weight is 899 g/mol. The molecule has 4 heteroatoms. The Balaban J connectivity index is 0.968. The van der Waals surface area contributed by atoms with Gasteiger partial charge in [-0.3, -0.25) is 4.98 Å². The number of benzene rings is 10. The van der Waals surface area contributed by atoms with Crippen LogP contribution >= 0.6 is 7.14 Å². The smallest absolute Gasteiger partial charge is 0.171 e. The van der Waals surface area contributed by atoms with Crippen LogP contribution in [0.25, 0.3) is 104 Å². The minimum atomic E-state index is -3.49. The molecule has 0 bridgehead atoms. The zero-order valence-electron chi connectivity index (χ0n) is 37.8. The highest BCUT2D eigenvalue weighted by molar-refractivity contribution is 7.85. The summed E-state index contributed by atoms with van der Waals surface area (Å²) in [6.45, 7) is 2.29. The van der Waals surface area contributed by atoms with Gasteiger partial charge in [-0.15, -0.1) is 0 Å². The van der Waals surface area contributed by atoms with Gasteiger partial charge < -0.3 is 4.57 Å². The number of fused-ring (bicyclic) bond motifs is 13. The Hall–Kier alpha value is -8.23. The molecule has 2 aliphatic carbocycles. The van der Waals surface area contributed by atoms with Crippen molar-refractivity contribution in [1.82, 2.24) is 9.97 Å². The third-order valence-electron chi connectivity index (χ3n) is 15.1. The number of hydrogen-bond acceptors (Lipinski definition) is 3. The molecule has 2 aromatic heterocycles. The second-order valence-electron chi connectivity index (χ2n) is 18.9. The molecule has 2 heterocycles. The van der Waals surface area contributed by atoms with E-state index in [1.54, 1.807) is 0 Å². The van der Waals surface area contributed by atoms with Gasteiger partial charge in [0.1, 0.15) is 0 Å². The number of nitrogens with zero attached hydrogens (tertiary/aromatic N) is 2. The van der Waals surface area contributed by atoms with Crippen molar-refractivity contribution in [3.8, 4) is 22.3 Å². The predicted octanol–water partition coefficient (Wildman–Crippen LogP) is 15.8. The Bertz CT molecular complexity index is 4200. The quantitative estimate of drug-likeness (QED) is 0.0982. The summed E-state index contributed by atoms with van der Waals surface area (Å²) in [6.07, 6.45) is 13.5. The maximum atomic E-state index is 16.8. The van der Waals surface area contributed by atoms with Crippen LogP contribution in [-0.4, -0.2) is 9.97 Å². The van der Waals surface area contributed by atoms with Crippen molar-refractivity contribution >= 4 is 105 Å². The topological polar surface area (TPSA) is 42.9 Å². The second-order valence-corrected chi connectivity index (χ2v) is 21.7. The van der Waals surface area contributed by atoms with Gasteiger partial charge in [0.2, 0.25) is 0 Å². The number of aromatic nitrogens is 2. The van der Waals surface area contributed by atoms with Crippen LogP contribution in [0.1, 0.15) is 24.1 Å². The zero-order valence-corrected chi connectivity index (χ0v) is 38.7. The van der Waals surface area contributed by atoms with Crippen LogP contribution in [0.4, 0.5) is 0 Å². The highest BCUT2D eigenvalue weighted by atomic mass is 31.2. The summed E-state index contributed by atoms with van der Waals surface area (Å²) in [4.78, 5) is 11.0. The summed E-state index contributed by atoms with van der Waals surface area (Å²) in [7, 11) is -3.49. The van der Waals surface area contributed by atoms with E-state index in [0.29, 0.717) is 0 Å². The van der Waals surface area contributed by atoms with Crippen LogP contribution in [0.15, 0.2) is 231 Å². The molecule has 0 fully saturated rings. The van der Waals surface area contributed by atoms with E-state index in [9.17, 15) is 0 Å². The van der Waals surface area contributed by atoms with E-state index in [4.69, 9.17) is 9.97 Å². The predicted molar refractivity (Wildman–Crippen MR) is 293 cm³/mol. The first-order valence-corrected chi connectivity index (χ1v) is 25.5. The summed E-state index contributed by atoms with van der Waals surface area (Å²) in [5.74, 6) is 0.0975. The van der Waals surface area contributed by atoms with Crippen LogP contribution in [0.5, 0.6) is 0 Å². The first-order chi connectivity index (χ1) is 33.9. The van der Waals surface area contributed by atoms with Crippen molar-refractivity contribution in [3.63, 3.8) is 0 Å². The van der Waals surface area contributed by atoms with Crippen molar-refractivity contribution < 1.29 is 4.57 Å². The standard InChI is InChI=1S/C65H43N2OP/c1-65-39-11-10-22-57(65)64-56(38-40-65)60(55-37-30-44-16-5-9-21-52(44)63(55)67-64)46-26-33-48(34-27-46)69(68,58-23-12-17-41-13-2-6-18-49(41)58)47-31-24-45(25-32-47)59-53-35-28-42-14-3-7-19-50(42)61(53)66-62-51-20-8-4-15-43(51)29-36-54(59)62/h2-40,57H,1H3. The highest BCUT2D eigenvalue weighted by Crippen LogP contribution is 2.51. The van der Waals surface area contributed by atoms with Crippen molar-refractivity contribution in [2.75, 3.05) is 0 Å². The van der Waals surface area contributed by atoms with Crippen LogP contribution < -0.4 is 15.9 Å². The van der Waals surface area contributed by atoms with E-state index in [-0.39, 0.29) is 11.3 Å². The van der Waals surface area contributed by atoms with E-state index in [1.807, 2.05) is 12.1 Å². The van der Waals surface area contributed by atoms with E-state index >= 15 is 4.57 Å². The molecule has 0 saturated carbocycles. The second kappa shape index (κ2) is 15.1. The van der Waals surface area contributed by atoms with Crippen molar-refractivity contribution in [2.45, 2.75) is 12.8 Å². The van der Waals surface area contributed by atoms with Crippen LogP contribution in [0, 0.1) is 5.41 Å². The lowest BCUT2D eigenvalue weighted by Crippen LogP contribution is -2.26. The van der Waals surface area contributed by atoms with Gasteiger partial charge in [-0.25, -0.2) is 4.98 Å². The van der Waals surface area contributed by atoms with E-state index < -0.39 is 7.14 Å². The minimum absolute atomic E-state index is 0.0975. The molecule has 0 N–H and O–H groups in total. The number of pyridine rings is 2. The van der Waals surface area contributed by atoms with E-state index in [0.717, 1.165) is 120 Å². The normalized spacial score (nSPS) is 17.3. The largest absolute Gasteiger partial charge is 0.309 e. The maximum Gasteiger partial charge on any atom is 0.171 e. The molecule has 10 aromatic carbocycles. The first kappa shape index (κ1) is 39.9. The molecule has 12 aromatic rings. The molecule has 3 nitrogen and oxygen atoms in total. The highest BCUT2D eigenvalue weighted by Gasteiger charge is 2.37. The molecule has 3 unspecified atom stereocenters. The third-order valence-corrected chi connectivity index (χ3v) is 18.2. The summed E-state index contributed by atoms with van der Waals surface area (Å²) >= 11 is 0. The fraction of sp³-hybridized carbons (Fsp3) is 0.0462. The van der Waals surface area contributed by atoms with Crippen LogP contribution in [-0.2, 0) is 4.57 Å². The minimum Gasteiger partial charge on any atom is -0.309 e. The first-order valence-electron chi connectivity index (χ1n) is 23.8. The van der Waals surface area contributed by atoms with Gasteiger partial charge in [0.05, 0.1) is 22.2 Å². The van der Waals surface area contributed by atoms with E-state index in [1.165, 1.54) is 5.39 Å². The SMILES string of the molecule is CC12C=CC=CC1c1nc3c(ccc4ccccc43)c(-c3ccc(P(=O)(c4ccc(-c5c6ccc7ccccc7c6nc6c5ccc5ccccc56)cc4)c4cccc5ccccc45)cc3)c1C=C2. The molecule has 324 valence electrons. The molecule has 0 radical (unpaired) electrons. The monoisotopic (exact) mass is 898 g/mol. The molecule has 69 heavy (non-hydrogen) atoms. The Labute approximate surface area is 399 Å². The van der Waals surface area contributed by atoms with Crippen LogP contribution in [0.2, 0.25) is 0 Å². The lowest BCUT2D eigenvalue weighted by atomic mass is 9.68. The molecular formula is C65H43N2OP. The molecule has 0 saturated heterocycles. The lowest BCUT2D eigenvalue weighted by molar-refractivity contribution is 0.472. The van der Waals surface area contributed by atoms with Gasteiger partial charge in [0, 0.05) is 76.3 Å².